The second kappa shape index (κ2) is 5.23. The van der Waals surface area contributed by atoms with Crippen molar-refractivity contribution in [1.82, 2.24) is 15.2 Å². The van der Waals surface area contributed by atoms with Crippen LogP contribution in [0.1, 0.15) is 34.5 Å². The number of nitrogens with two attached hydrogens (primary N) is 1. The Kier molecular flexibility index (Phi) is 3.40. The monoisotopic (exact) mass is 290 g/mol. The molecule has 3 amide bonds. The fourth-order valence-electron chi connectivity index (χ4n) is 2.53. The Morgan fingerprint density at radius 2 is 2.19 bits per heavy atom. The molecule has 1 aromatic rings. The fraction of sp³-hybridized carbons (Fsp3) is 0.500. The summed E-state index contributed by atoms with van der Waals surface area (Å²) in [5.41, 5.74) is 6.20. The lowest BCUT2D eigenvalue weighted by Gasteiger charge is -2.28. The highest BCUT2D eigenvalue weighted by Gasteiger charge is 2.26. The van der Waals surface area contributed by atoms with Gasteiger partial charge in [0.15, 0.2) is 0 Å². The van der Waals surface area contributed by atoms with Crippen molar-refractivity contribution < 1.29 is 9.59 Å². The van der Waals surface area contributed by atoms with Crippen LogP contribution in [0.25, 0.3) is 0 Å². The lowest BCUT2D eigenvalue weighted by molar-refractivity contribution is 0.0998. The summed E-state index contributed by atoms with van der Waals surface area (Å²) < 4.78 is 0. The van der Waals surface area contributed by atoms with Crippen LogP contribution < -0.4 is 16.6 Å². The number of aromatic amines is 1. The molecule has 0 atom stereocenters. The number of primary amides is 1. The summed E-state index contributed by atoms with van der Waals surface area (Å²) in [7, 11) is 0. The van der Waals surface area contributed by atoms with Crippen LogP contribution in [0.15, 0.2) is 10.9 Å². The molecule has 0 spiro atoms. The van der Waals surface area contributed by atoms with E-state index in [0.717, 1.165) is 17.8 Å². The number of hydrogen-bond donors (Lipinski definition) is 3. The van der Waals surface area contributed by atoms with E-state index in [2.05, 4.69) is 10.3 Å². The van der Waals surface area contributed by atoms with Crippen LogP contribution in [0, 0.1) is 5.92 Å². The zero-order valence-corrected chi connectivity index (χ0v) is 11.6. The summed E-state index contributed by atoms with van der Waals surface area (Å²) in [6, 6.07) is 1.40. The number of fused-ring (bicyclic) bond motifs is 1. The van der Waals surface area contributed by atoms with E-state index in [1.165, 1.54) is 18.9 Å². The van der Waals surface area contributed by atoms with Gasteiger partial charge in [0.2, 0.25) is 0 Å². The number of H-pyrrole nitrogens is 1. The van der Waals surface area contributed by atoms with Gasteiger partial charge in [-0.3, -0.25) is 9.59 Å². The van der Waals surface area contributed by atoms with Gasteiger partial charge in [0, 0.05) is 31.7 Å². The molecule has 0 bridgehead atoms. The number of urea groups is 1. The summed E-state index contributed by atoms with van der Waals surface area (Å²) in [5.74, 6) is -0.127. The van der Waals surface area contributed by atoms with Crippen LogP contribution in [-0.4, -0.2) is 34.9 Å². The first-order valence-corrected chi connectivity index (χ1v) is 7.12. The molecule has 112 valence electrons. The van der Waals surface area contributed by atoms with E-state index < -0.39 is 11.5 Å². The van der Waals surface area contributed by atoms with Crippen molar-refractivity contribution in [3.8, 4) is 0 Å². The number of amides is 3. The molecular formula is C14H18N4O3. The molecule has 0 radical (unpaired) electrons. The number of nitrogens with one attached hydrogen (secondary N) is 2. The highest BCUT2D eigenvalue weighted by molar-refractivity contribution is 5.92. The van der Waals surface area contributed by atoms with Crippen LogP contribution in [0.4, 0.5) is 4.79 Å². The zero-order chi connectivity index (χ0) is 15.0. The minimum absolute atomic E-state index is 0.0611. The van der Waals surface area contributed by atoms with Gasteiger partial charge in [0.25, 0.3) is 11.5 Å². The molecule has 0 saturated heterocycles. The van der Waals surface area contributed by atoms with Gasteiger partial charge >= 0.3 is 6.03 Å². The Morgan fingerprint density at radius 3 is 2.86 bits per heavy atom. The lowest BCUT2D eigenvalue weighted by Crippen LogP contribution is -2.44. The summed E-state index contributed by atoms with van der Waals surface area (Å²) in [4.78, 5) is 39.3. The minimum Gasteiger partial charge on any atom is -0.365 e. The first-order chi connectivity index (χ1) is 10.0. The fourth-order valence-corrected chi connectivity index (χ4v) is 2.53. The van der Waals surface area contributed by atoms with Crippen LogP contribution in [0.5, 0.6) is 0 Å². The van der Waals surface area contributed by atoms with Gasteiger partial charge in [-0.1, -0.05) is 0 Å². The van der Waals surface area contributed by atoms with Crippen LogP contribution in [-0.2, 0) is 13.0 Å². The van der Waals surface area contributed by atoms with Gasteiger partial charge in [-0.15, -0.1) is 0 Å². The van der Waals surface area contributed by atoms with Gasteiger partial charge in [0.1, 0.15) is 5.56 Å². The summed E-state index contributed by atoms with van der Waals surface area (Å²) in [6.45, 7) is 1.65. The van der Waals surface area contributed by atoms with Gasteiger partial charge in [-0.05, 0) is 30.4 Å². The largest absolute Gasteiger partial charge is 0.365 e. The second-order valence-corrected chi connectivity index (χ2v) is 5.68. The Labute approximate surface area is 121 Å². The van der Waals surface area contributed by atoms with E-state index >= 15 is 0 Å². The normalized spacial score (nSPS) is 17.2. The van der Waals surface area contributed by atoms with Crippen molar-refractivity contribution >= 4 is 11.9 Å². The van der Waals surface area contributed by atoms with E-state index in [9.17, 15) is 14.4 Å². The van der Waals surface area contributed by atoms with E-state index in [0.29, 0.717) is 25.4 Å². The Hall–Kier alpha value is -2.31. The number of pyridine rings is 1. The topological polar surface area (TPSA) is 108 Å². The molecule has 2 aliphatic rings. The van der Waals surface area contributed by atoms with Crippen molar-refractivity contribution in [2.45, 2.75) is 25.8 Å². The van der Waals surface area contributed by atoms with Gasteiger partial charge in [-0.2, -0.15) is 0 Å². The number of hydrogen-bond acceptors (Lipinski definition) is 3. The van der Waals surface area contributed by atoms with Crippen LogP contribution in [0.3, 0.4) is 0 Å². The molecule has 7 heteroatoms. The number of carbonyl (C=O) groups is 2. The molecule has 0 unspecified atom stereocenters. The summed E-state index contributed by atoms with van der Waals surface area (Å²) in [5, 5.41) is 2.92. The standard InChI is InChI=1S/C14H18N4O3/c15-12(19)10-5-9-7-18(4-3-11(9)17-13(10)20)14(21)16-6-8-1-2-8/h5,8H,1-4,6-7H2,(H2,15,19)(H,16,21)(H,17,20). The molecule has 4 N–H and O–H groups in total. The average Bonchev–Trinajstić information content (AvgIpc) is 3.27. The quantitative estimate of drug-likeness (QED) is 0.726. The smallest absolute Gasteiger partial charge is 0.317 e. The molecule has 7 nitrogen and oxygen atoms in total. The van der Waals surface area contributed by atoms with Crippen molar-refractivity contribution in [2.24, 2.45) is 11.7 Å². The molecule has 1 aliphatic carbocycles. The third kappa shape index (κ3) is 2.91. The second-order valence-electron chi connectivity index (χ2n) is 5.68. The van der Waals surface area contributed by atoms with Crippen molar-refractivity contribution in [1.29, 1.82) is 0 Å². The highest BCUT2D eigenvalue weighted by atomic mass is 16.2. The third-order valence-corrected chi connectivity index (χ3v) is 4.00. The van der Waals surface area contributed by atoms with Gasteiger partial charge < -0.3 is 20.9 Å². The summed E-state index contributed by atoms with van der Waals surface area (Å²) >= 11 is 0. The lowest BCUT2D eigenvalue weighted by atomic mass is 10.0. The number of carbonyl (C=O) groups excluding carboxylic acids is 2. The Bertz CT molecular complexity index is 648. The van der Waals surface area contributed by atoms with E-state index in [4.69, 9.17) is 5.73 Å². The molecule has 1 saturated carbocycles. The molecule has 0 aromatic carbocycles. The minimum atomic E-state index is -0.755. The molecular weight excluding hydrogens is 272 g/mol. The zero-order valence-electron chi connectivity index (χ0n) is 11.6. The maximum absolute atomic E-state index is 12.1. The summed E-state index contributed by atoms with van der Waals surface area (Å²) in [6.07, 6.45) is 2.94. The predicted octanol–water partition coefficient (Wildman–Crippen LogP) is -0.0485. The van der Waals surface area contributed by atoms with Crippen molar-refractivity contribution in [2.75, 3.05) is 13.1 Å². The molecule has 1 fully saturated rings. The van der Waals surface area contributed by atoms with E-state index in [-0.39, 0.29) is 11.6 Å². The maximum atomic E-state index is 12.1. The van der Waals surface area contributed by atoms with Crippen LogP contribution in [0.2, 0.25) is 0 Å². The van der Waals surface area contributed by atoms with Crippen LogP contribution >= 0.6 is 0 Å². The third-order valence-electron chi connectivity index (χ3n) is 4.00. The Morgan fingerprint density at radius 1 is 1.43 bits per heavy atom. The van der Waals surface area contributed by atoms with Gasteiger partial charge in [-0.25, -0.2) is 4.79 Å². The maximum Gasteiger partial charge on any atom is 0.317 e. The van der Waals surface area contributed by atoms with Crippen molar-refractivity contribution in [3.63, 3.8) is 0 Å². The van der Waals surface area contributed by atoms with E-state index in [1.807, 2.05) is 0 Å². The molecule has 21 heavy (non-hydrogen) atoms. The SMILES string of the molecule is NC(=O)c1cc2c([nH]c1=O)CCN(C(=O)NCC1CC1)C2. The Balaban J connectivity index is 1.74. The molecule has 2 heterocycles. The van der Waals surface area contributed by atoms with Crippen molar-refractivity contribution in [3.05, 3.63) is 33.2 Å². The first kappa shape index (κ1) is 13.7. The number of rotatable bonds is 3. The molecule has 3 rings (SSSR count). The first-order valence-electron chi connectivity index (χ1n) is 7.12. The number of nitrogens with zero attached hydrogens (tertiary/aromatic N) is 1. The number of aromatic nitrogens is 1. The predicted molar refractivity (Wildman–Crippen MR) is 75.8 cm³/mol. The average molecular weight is 290 g/mol. The van der Waals surface area contributed by atoms with E-state index in [1.54, 1.807) is 4.90 Å². The molecule has 1 aromatic heterocycles. The highest BCUT2D eigenvalue weighted by Crippen LogP contribution is 2.27. The molecule has 1 aliphatic heterocycles. The van der Waals surface area contributed by atoms with Gasteiger partial charge in [0.05, 0.1) is 0 Å².